The second-order valence-corrected chi connectivity index (χ2v) is 7.49. The molecule has 1 amide bonds. The summed E-state index contributed by atoms with van der Waals surface area (Å²) in [5, 5.41) is 7.18. The molecule has 0 aromatic carbocycles. The summed E-state index contributed by atoms with van der Waals surface area (Å²) in [5.41, 5.74) is 0. The summed E-state index contributed by atoms with van der Waals surface area (Å²) in [7, 11) is 0. The Bertz CT molecular complexity index is 279. The van der Waals surface area contributed by atoms with E-state index in [9.17, 15) is 4.79 Å². The number of rotatable bonds is 5. The third-order valence-electron chi connectivity index (χ3n) is 4.37. The van der Waals surface area contributed by atoms with Crippen molar-refractivity contribution in [2.75, 3.05) is 25.4 Å². The monoisotopic (exact) mass is 284 g/mol. The van der Waals surface area contributed by atoms with Gasteiger partial charge in [-0.15, -0.1) is 11.8 Å². The molecule has 2 N–H and O–H groups in total. The second-order valence-electron chi connectivity index (χ2n) is 6.20. The lowest BCUT2D eigenvalue weighted by Gasteiger charge is -2.27. The molecule has 2 atom stereocenters. The zero-order valence-electron chi connectivity index (χ0n) is 12.1. The molecule has 1 aliphatic carbocycles. The molecule has 1 saturated heterocycles. The highest BCUT2D eigenvalue weighted by Gasteiger charge is 2.20. The van der Waals surface area contributed by atoms with E-state index in [2.05, 4.69) is 17.6 Å². The van der Waals surface area contributed by atoms with E-state index in [1.165, 1.54) is 38.5 Å². The van der Waals surface area contributed by atoms with Gasteiger partial charge in [-0.2, -0.15) is 0 Å². The van der Waals surface area contributed by atoms with Crippen molar-refractivity contribution in [2.24, 2.45) is 11.8 Å². The summed E-state index contributed by atoms with van der Waals surface area (Å²) in [4.78, 5) is 11.9. The van der Waals surface area contributed by atoms with E-state index in [0.717, 1.165) is 31.5 Å². The SMILES string of the molecule is CC1CCCC(CNC(=O)CSC2CCNCC2)C1. The lowest BCUT2D eigenvalue weighted by Crippen LogP contribution is -2.34. The van der Waals surface area contributed by atoms with E-state index in [1.807, 2.05) is 11.8 Å². The van der Waals surface area contributed by atoms with Crippen LogP contribution in [0.4, 0.5) is 0 Å². The minimum Gasteiger partial charge on any atom is -0.355 e. The Hall–Kier alpha value is -0.220. The predicted octanol–water partition coefficient (Wildman–Crippen LogP) is 2.41. The van der Waals surface area contributed by atoms with Gasteiger partial charge < -0.3 is 10.6 Å². The Balaban J connectivity index is 1.56. The van der Waals surface area contributed by atoms with E-state index in [1.54, 1.807) is 0 Å². The van der Waals surface area contributed by atoms with Gasteiger partial charge in [-0.1, -0.05) is 19.8 Å². The molecular formula is C15H28N2OS. The van der Waals surface area contributed by atoms with Gasteiger partial charge in [-0.3, -0.25) is 4.79 Å². The summed E-state index contributed by atoms with van der Waals surface area (Å²) in [6, 6.07) is 0. The number of amides is 1. The minimum absolute atomic E-state index is 0.238. The van der Waals surface area contributed by atoms with Crippen LogP contribution in [0, 0.1) is 11.8 Å². The average Bonchev–Trinajstić information content (AvgIpc) is 2.44. The maximum absolute atomic E-state index is 11.9. The Morgan fingerprint density at radius 3 is 2.79 bits per heavy atom. The Labute approximate surface area is 121 Å². The molecule has 0 bridgehead atoms. The van der Waals surface area contributed by atoms with Gasteiger partial charge in [0.25, 0.3) is 0 Å². The van der Waals surface area contributed by atoms with Crippen molar-refractivity contribution in [3.8, 4) is 0 Å². The maximum atomic E-state index is 11.9. The van der Waals surface area contributed by atoms with Crippen LogP contribution < -0.4 is 10.6 Å². The van der Waals surface area contributed by atoms with Crippen LogP contribution in [0.1, 0.15) is 45.4 Å². The molecule has 2 rings (SSSR count). The van der Waals surface area contributed by atoms with Crippen LogP contribution in [-0.4, -0.2) is 36.5 Å². The third-order valence-corrected chi connectivity index (χ3v) is 5.74. The highest BCUT2D eigenvalue weighted by atomic mass is 32.2. The van der Waals surface area contributed by atoms with Gasteiger partial charge in [0.15, 0.2) is 0 Å². The number of hydrogen-bond acceptors (Lipinski definition) is 3. The maximum Gasteiger partial charge on any atom is 0.230 e. The predicted molar refractivity (Wildman–Crippen MR) is 82.5 cm³/mol. The first-order valence-electron chi connectivity index (χ1n) is 7.83. The molecule has 19 heavy (non-hydrogen) atoms. The zero-order valence-corrected chi connectivity index (χ0v) is 12.9. The van der Waals surface area contributed by atoms with Gasteiger partial charge in [-0.05, 0) is 50.6 Å². The molecular weight excluding hydrogens is 256 g/mol. The molecule has 0 spiro atoms. The first-order chi connectivity index (χ1) is 9.24. The molecule has 1 saturated carbocycles. The van der Waals surface area contributed by atoms with Crippen LogP contribution >= 0.6 is 11.8 Å². The molecule has 0 radical (unpaired) electrons. The standard InChI is InChI=1S/C15H28N2OS/c1-12-3-2-4-13(9-12)10-17-15(18)11-19-14-5-7-16-8-6-14/h12-14,16H,2-11H2,1H3,(H,17,18). The van der Waals surface area contributed by atoms with Crippen molar-refractivity contribution < 1.29 is 4.79 Å². The Morgan fingerprint density at radius 1 is 1.26 bits per heavy atom. The number of nitrogens with one attached hydrogen (secondary N) is 2. The highest BCUT2D eigenvalue weighted by Crippen LogP contribution is 2.28. The molecule has 2 fully saturated rings. The quantitative estimate of drug-likeness (QED) is 0.814. The first kappa shape index (κ1) is 15.2. The summed E-state index contributed by atoms with van der Waals surface area (Å²) < 4.78 is 0. The van der Waals surface area contributed by atoms with Gasteiger partial charge in [0.2, 0.25) is 5.91 Å². The van der Waals surface area contributed by atoms with Crippen LogP contribution in [0.3, 0.4) is 0 Å². The fourth-order valence-electron chi connectivity index (χ4n) is 3.21. The zero-order chi connectivity index (χ0) is 13.5. The fourth-order valence-corrected chi connectivity index (χ4v) is 4.27. The van der Waals surface area contributed by atoms with Gasteiger partial charge in [0.1, 0.15) is 0 Å². The van der Waals surface area contributed by atoms with Crippen LogP contribution in [0.5, 0.6) is 0 Å². The van der Waals surface area contributed by atoms with E-state index in [0.29, 0.717) is 11.0 Å². The third kappa shape index (κ3) is 5.74. The van der Waals surface area contributed by atoms with Crippen LogP contribution in [0.2, 0.25) is 0 Å². The number of thioether (sulfide) groups is 1. The van der Waals surface area contributed by atoms with Crippen molar-refractivity contribution in [1.82, 2.24) is 10.6 Å². The van der Waals surface area contributed by atoms with Crippen molar-refractivity contribution in [1.29, 1.82) is 0 Å². The molecule has 1 aliphatic heterocycles. The number of hydrogen-bond donors (Lipinski definition) is 2. The summed E-state index contributed by atoms with van der Waals surface area (Å²) >= 11 is 1.84. The van der Waals surface area contributed by atoms with Gasteiger partial charge in [0.05, 0.1) is 5.75 Å². The van der Waals surface area contributed by atoms with E-state index >= 15 is 0 Å². The molecule has 2 aliphatic rings. The summed E-state index contributed by atoms with van der Waals surface area (Å²) in [6.45, 7) is 5.45. The Kier molecular flexibility index (Phi) is 6.51. The smallest absolute Gasteiger partial charge is 0.230 e. The number of carbonyl (C=O) groups is 1. The number of piperidine rings is 1. The van der Waals surface area contributed by atoms with E-state index < -0.39 is 0 Å². The van der Waals surface area contributed by atoms with E-state index in [-0.39, 0.29) is 5.91 Å². The molecule has 3 nitrogen and oxygen atoms in total. The van der Waals surface area contributed by atoms with Crippen LogP contribution in [0.25, 0.3) is 0 Å². The van der Waals surface area contributed by atoms with Gasteiger partial charge in [0, 0.05) is 11.8 Å². The molecule has 110 valence electrons. The summed E-state index contributed by atoms with van der Waals surface area (Å²) in [5.74, 6) is 2.45. The van der Waals surface area contributed by atoms with Gasteiger partial charge >= 0.3 is 0 Å². The topological polar surface area (TPSA) is 41.1 Å². The Morgan fingerprint density at radius 2 is 2.05 bits per heavy atom. The van der Waals surface area contributed by atoms with Crippen LogP contribution in [-0.2, 0) is 4.79 Å². The largest absolute Gasteiger partial charge is 0.355 e. The molecule has 1 heterocycles. The van der Waals surface area contributed by atoms with E-state index in [4.69, 9.17) is 0 Å². The van der Waals surface area contributed by atoms with Crippen molar-refractivity contribution in [2.45, 2.75) is 50.7 Å². The molecule has 0 aromatic heterocycles. The normalized spacial score (nSPS) is 29.1. The van der Waals surface area contributed by atoms with Crippen molar-refractivity contribution in [3.63, 3.8) is 0 Å². The molecule has 4 heteroatoms. The molecule has 0 aromatic rings. The highest BCUT2D eigenvalue weighted by molar-refractivity contribution is 8.00. The van der Waals surface area contributed by atoms with Crippen LogP contribution in [0.15, 0.2) is 0 Å². The first-order valence-corrected chi connectivity index (χ1v) is 8.88. The van der Waals surface area contributed by atoms with Gasteiger partial charge in [-0.25, -0.2) is 0 Å². The number of carbonyl (C=O) groups excluding carboxylic acids is 1. The molecule has 2 unspecified atom stereocenters. The van der Waals surface area contributed by atoms with Crippen molar-refractivity contribution >= 4 is 17.7 Å². The fraction of sp³-hybridized carbons (Fsp3) is 0.933. The minimum atomic E-state index is 0.238. The van der Waals surface area contributed by atoms with Crippen molar-refractivity contribution in [3.05, 3.63) is 0 Å². The lowest BCUT2D eigenvalue weighted by atomic mass is 9.82. The lowest BCUT2D eigenvalue weighted by molar-refractivity contribution is -0.118. The average molecular weight is 284 g/mol. The second kappa shape index (κ2) is 8.15. The summed E-state index contributed by atoms with van der Waals surface area (Å²) in [6.07, 6.45) is 7.71.